The fourth-order valence-electron chi connectivity index (χ4n) is 5.75. The number of rotatable bonds is 3. The maximum Gasteiger partial charge on any atom is 0.0795 e. The zero-order chi connectivity index (χ0) is 25.6. The number of hydrogen-bond donors (Lipinski definition) is 2. The van der Waals surface area contributed by atoms with Gasteiger partial charge in [-0.1, -0.05) is 115 Å². The van der Waals surface area contributed by atoms with Crippen LogP contribution in [0, 0.1) is 10.8 Å². The van der Waals surface area contributed by atoms with Gasteiger partial charge in [0.25, 0.3) is 0 Å². The van der Waals surface area contributed by atoms with Gasteiger partial charge in [-0.25, -0.2) is 0 Å². The maximum atomic E-state index is 8.12. The van der Waals surface area contributed by atoms with Gasteiger partial charge in [-0.15, -0.1) is 0 Å². The van der Waals surface area contributed by atoms with Crippen molar-refractivity contribution in [2.24, 2.45) is 0 Å². The Bertz CT molecular complexity index is 1940. The molecule has 0 aromatic heterocycles. The molecule has 0 unspecified atom stereocenters. The first kappa shape index (κ1) is 22.1. The molecule has 0 heterocycles. The van der Waals surface area contributed by atoms with E-state index >= 15 is 0 Å². The molecule has 0 bridgehead atoms. The van der Waals surface area contributed by atoms with E-state index in [-0.39, 0.29) is 11.4 Å². The largest absolute Gasteiger partial charge is 0.299 e. The van der Waals surface area contributed by atoms with E-state index in [4.69, 9.17) is 10.8 Å². The summed E-state index contributed by atoms with van der Waals surface area (Å²) < 4.78 is 0. The first-order chi connectivity index (χ1) is 18.7. The molecule has 0 atom stereocenters. The Hall–Kier alpha value is -5.08. The first-order valence-corrected chi connectivity index (χ1v) is 12.8. The predicted molar refractivity (Wildman–Crippen MR) is 162 cm³/mol. The summed E-state index contributed by atoms with van der Waals surface area (Å²) in [5.74, 6) is 0. The third kappa shape index (κ3) is 3.50. The average molecular weight is 485 g/mol. The van der Waals surface area contributed by atoms with Crippen molar-refractivity contribution in [3.8, 4) is 22.3 Å². The minimum Gasteiger partial charge on any atom is -0.299 e. The molecule has 7 rings (SSSR count). The standard InChI is InChI=1S/C36H24N2/c37-33-20-19-25(22-34(33)38)24-11-7-12-26(21-24)35-29-14-3-5-16-31(29)36(32-17-6-4-15-30(32)35)28-18-8-10-23-9-1-2-13-27(23)28/h1-22,37-38H. The van der Waals surface area contributed by atoms with Crippen LogP contribution in [0.15, 0.2) is 133 Å². The van der Waals surface area contributed by atoms with Gasteiger partial charge in [0.1, 0.15) is 0 Å². The van der Waals surface area contributed by atoms with Gasteiger partial charge in [0, 0.05) is 0 Å². The molecule has 0 amide bonds. The zero-order valence-electron chi connectivity index (χ0n) is 20.7. The molecule has 1 aliphatic carbocycles. The summed E-state index contributed by atoms with van der Waals surface area (Å²) in [4.78, 5) is 0. The van der Waals surface area contributed by atoms with Crippen molar-refractivity contribution >= 4 is 49.3 Å². The Morgan fingerprint density at radius 3 is 1.66 bits per heavy atom. The molecule has 6 aromatic carbocycles. The molecule has 0 saturated carbocycles. The van der Waals surface area contributed by atoms with Gasteiger partial charge in [0.2, 0.25) is 0 Å². The average Bonchev–Trinajstić information content (AvgIpc) is 2.97. The highest BCUT2D eigenvalue weighted by Crippen LogP contribution is 2.45. The van der Waals surface area contributed by atoms with Crippen LogP contribution in [-0.4, -0.2) is 11.4 Å². The molecule has 0 fully saturated rings. The Labute approximate surface area is 221 Å². The van der Waals surface area contributed by atoms with E-state index in [2.05, 4.69) is 115 Å². The molecular weight excluding hydrogens is 460 g/mol. The molecule has 2 nitrogen and oxygen atoms in total. The lowest BCUT2D eigenvalue weighted by Gasteiger charge is -2.19. The van der Waals surface area contributed by atoms with Crippen LogP contribution in [0.4, 0.5) is 0 Å². The lowest BCUT2D eigenvalue weighted by Crippen LogP contribution is -2.09. The van der Waals surface area contributed by atoms with E-state index in [0.717, 1.165) is 16.7 Å². The third-order valence-corrected chi connectivity index (χ3v) is 7.49. The number of allylic oxidation sites excluding steroid dienone is 4. The Morgan fingerprint density at radius 1 is 0.421 bits per heavy atom. The fraction of sp³-hybridized carbons (Fsp3) is 0. The van der Waals surface area contributed by atoms with Crippen molar-refractivity contribution in [1.82, 2.24) is 0 Å². The summed E-state index contributed by atoms with van der Waals surface area (Å²) in [6, 6.07) is 41.2. The van der Waals surface area contributed by atoms with E-state index in [1.54, 1.807) is 12.2 Å². The molecule has 178 valence electrons. The number of hydrogen-bond acceptors (Lipinski definition) is 2. The molecule has 0 spiro atoms. The second kappa shape index (κ2) is 8.79. The monoisotopic (exact) mass is 484 g/mol. The van der Waals surface area contributed by atoms with Crippen LogP contribution in [0.5, 0.6) is 0 Å². The SMILES string of the molecule is N=C1C=CC(c2cccc(-c3c4ccccc4c(-c4cccc5ccccc45)c4ccccc34)c2)=CC1=N. The highest BCUT2D eigenvalue weighted by Gasteiger charge is 2.18. The molecule has 0 aliphatic heterocycles. The van der Waals surface area contributed by atoms with Crippen LogP contribution >= 0.6 is 0 Å². The normalized spacial score (nSPS) is 13.4. The molecule has 2 N–H and O–H groups in total. The van der Waals surface area contributed by atoms with Crippen LogP contribution < -0.4 is 0 Å². The van der Waals surface area contributed by atoms with Gasteiger partial charge in [-0.2, -0.15) is 0 Å². The second-order valence-electron chi connectivity index (χ2n) is 9.71. The highest BCUT2D eigenvalue weighted by atomic mass is 14.5. The quantitative estimate of drug-likeness (QED) is 0.186. The minimum absolute atomic E-state index is 0.239. The van der Waals surface area contributed by atoms with Crippen LogP contribution in [-0.2, 0) is 0 Å². The van der Waals surface area contributed by atoms with Gasteiger partial charge >= 0.3 is 0 Å². The lowest BCUT2D eigenvalue weighted by atomic mass is 9.84. The van der Waals surface area contributed by atoms with Crippen LogP contribution in [0.25, 0.3) is 60.1 Å². The summed E-state index contributed by atoms with van der Waals surface area (Å²) in [6.07, 6.45) is 5.41. The van der Waals surface area contributed by atoms with E-state index in [9.17, 15) is 0 Å². The predicted octanol–water partition coefficient (Wildman–Crippen LogP) is 9.47. The van der Waals surface area contributed by atoms with E-state index < -0.39 is 0 Å². The first-order valence-electron chi connectivity index (χ1n) is 12.8. The summed E-state index contributed by atoms with van der Waals surface area (Å²) in [7, 11) is 0. The topological polar surface area (TPSA) is 47.7 Å². The van der Waals surface area contributed by atoms with Gasteiger partial charge in [0.15, 0.2) is 0 Å². The van der Waals surface area contributed by atoms with Crippen LogP contribution in [0.3, 0.4) is 0 Å². The fourth-order valence-corrected chi connectivity index (χ4v) is 5.75. The Kier molecular flexibility index (Phi) is 5.12. The molecule has 6 aromatic rings. The Morgan fingerprint density at radius 2 is 0.974 bits per heavy atom. The van der Waals surface area contributed by atoms with Crippen molar-refractivity contribution in [3.63, 3.8) is 0 Å². The zero-order valence-corrected chi connectivity index (χ0v) is 20.7. The van der Waals surface area contributed by atoms with Gasteiger partial charge in [-0.05, 0) is 83.9 Å². The van der Waals surface area contributed by atoms with Gasteiger partial charge < -0.3 is 0 Å². The molecular formula is C36H24N2. The second-order valence-corrected chi connectivity index (χ2v) is 9.71. The van der Waals surface area contributed by atoms with Gasteiger partial charge in [0.05, 0.1) is 11.4 Å². The van der Waals surface area contributed by atoms with Crippen molar-refractivity contribution in [3.05, 3.63) is 139 Å². The maximum absolute atomic E-state index is 8.12. The molecule has 1 aliphatic rings. The third-order valence-electron chi connectivity index (χ3n) is 7.49. The minimum atomic E-state index is 0.239. The summed E-state index contributed by atoms with van der Waals surface area (Å²) in [5.41, 5.74) is 7.34. The molecule has 0 saturated heterocycles. The summed E-state index contributed by atoms with van der Waals surface area (Å²) >= 11 is 0. The number of nitrogens with one attached hydrogen (secondary N) is 2. The molecule has 0 radical (unpaired) electrons. The molecule has 2 heteroatoms. The summed E-state index contributed by atoms with van der Waals surface area (Å²) in [6.45, 7) is 0. The number of benzene rings is 6. The van der Waals surface area contributed by atoms with E-state index in [1.165, 1.54) is 49.0 Å². The highest BCUT2D eigenvalue weighted by molar-refractivity contribution is 6.50. The smallest absolute Gasteiger partial charge is 0.0795 e. The van der Waals surface area contributed by atoms with Crippen molar-refractivity contribution in [2.75, 3.05) is 0 Å². The van der Waals surface area contributed by atoms with Crippen molar-refractivity contribution in [2.45, 2.75) is 0 Å². The van der Waals surface area contributed by atoms with Crippen molar-refractivity contribution in [1.29, 1.82) is 10.8 Å². The van der Waals surface area contributed by atoms with Crippen LogP contribution in [0.2, 0.25) is 0 Å². The van der Waals surface area contributed by atoms with Crippen molar-refractivity contribution < 1.29 is 0 Å². The molecule has 38 heavy (non-hydrogen) atoms. The van der Waals surface area contributed by atoms with Gasteiger partial charge in [-0.3, -0.25) is 10.8 Å². The van der Waals surface area contributed by atoms with E-state index in [1.807, 2.05) is 6.08 Å². The Balaban J connectivity index is 1.55. The van der Waals surface area contributed by atoms with Crippen LogP contribution in [0.1, 0.15) is 5.56 Å². The number of fused-ring (bicyclic) bond motifs is 3. The van der Waals surface area contributed by atoms with E-state index in [0.29, 0.717) is 0 Å². The lowest BCUT2D eigenvalue weighted by molar-refractivity contribution is 1.49. The summed E-state index contributed by atoms with van der Waals surface area (Å²) in [5, 5.41) is 23.4.